The standard InChI is InChI=1S/C34H35N3O6S3/c1-24-9-11-25(12-10-24)22-37(23-26-13-16-29(43-2)17-14-26)46(41,42)20-19-35-33(38)32(45(3,39)40)34-36-30-18-15-28(21-31(30)44-34)27-7-5-4-6-8-27/h4-18,21,32H,19-20,22-23H2,1-3H3,(H,35,38). The van der Waals surface area contributed by atoms with Gasteiger partial charge in [0.15, 0.2) is 15.1 Å². The third-order valence-corrected chi connectivity index (χ3v) is 11.7. The van der Waals surface area contributed by atoms with Gasteiger partial charge in [0.1, 0.15) is 10.8 Å². The number of benzene rings is 4. The minimum Gasteiger partial charge on any atom is -0.497 e. The number of nitrogens with zero attached hydrogens (tertiary/aromatic N) is 2. The summed E-state index contributed by atoms with van der Waals surface area (Å²) in [6, 6.07) is 30.1. The van der Waals surface area contributed by atoms with Gasteiger partial charge in [-0.25, -0.2) is 21.8 Å². The first-order chi connectivity index (χ1) is 21.9. The van der Waals surface area contributed by atoms with Gasteiger partial charge in [0.05, 0.1) is 23.1 Å². The van der Waals surface area contributed by atoms with E-state index in [1.54, 1.807) is 37.4 Å². The number of fused-ring (bicyclic) bond motifs is 1. The third-order valence-electron chi connectivity index (χ3n) is 7.45. The summed E-state index contributed by atoms with van der Waals surface area (Å²) >= 11 is 1.13. The number of carbonyl (C=O) groups is 1. The molecule has 9 nitrogen and oxygen atoms in total. The summed E-state index contributed by atoms with van der Waals surface area (Å²) in [5.41, 5.74) is 5.16. The Labute approximate surface area is 273 Å². The number of sulfonamides is 1. The molecule has 0 saturated heterocycles. The van der Waals surface area contributed by atoms with Gasteiger partial charge in [-0.05, 0) is 53.4 Å². The quantitative estimate of drug-likeness (QED) is 0.174. The summed E-state index contributed by atoms with van der Waals surface area (Å²) in [7, 11) is -6.27. The number of amides is 1. The van der Waals surface area contributed by atoms with Crippen molar-refractivity contribution in [2.45, 2.75) is 25.3 Å². The normalized spacial score (nSPS) is 12.7. The maximum atomic E-state index is 13.6. The van der Waals surface area contributed by atoms with Crippen LogP contribution in [0.5, 0.6) is 5.75 Å². The molecule has 0 saturated carbocycles. The van der Waals surface area contributed by atoms with Gasteiger partial charge in [-0.2, -0.15) is 4.31 Å². The summed E-state index contributed by atoms with van der Waals surface area (Å²) in [6.45, 7) is 1.92. The largest absolute Gasteiger partial charge is 0.497 e. The van der Waals surface area contributed by atoms with Crippen LogP contribution in [-0.2, 0) is 37.7 Å². The number of rotatable bonds is 13. The molecule has 5 aromatic rings. The monoisotopic (exact) mass is 677 g/mol. The zero-order chi connectivity index (χ0) is 32.9. The average Bonchev–Trinajstić information content (AvgIpc) is 3.44. The lowest BCUT2D eigenvalue weighted by atomic mass is 10.1. The molecule has 0 radical (unpaired) electrons. The van der Waals surface area contributed by atoms with Gasteiger partial charge >= 0.3 is 0 Å². The van der Waals surface area contributed by atoms with Gasteiger partial charge < -0.3 is 10.1 Å². The van der Waals surface area contributed by atoms with E-state index in [1.807, 2.05) is 73.7 Å². The Kier molecular flexibility index (Phi) is 10.2. The minimum absolute atomic E-state index is 0.108. The first kappa shape index (κ1) is 33.3. The van der Waals surface area contributed by atoms with Crippen LogP contribution in [0.2, 0.25) is 0 Å². The maximum absolute atomic E-state index is 13.6. The highest BCUT2D eigenvalue weighted by Crippen LogP contribution is 2.33. The van der Waals surface area contributed by atoms with Crippen molar-refractivity contribution in [1.82, 2.24) is 14.6 Å². The van der Waals surface area contributed by atoms with E-state index in [0.29, 0.717) is 11.3 Å². The highest BCUT2D eigenvalue weighted by Gasteiger charge is 2.34. The number of sulfone groups is 1. The van der Waals surface area contributed by atoms with Crippen molar-refractivity contribution in [2.75, 3.05) is 25.7 Å². The SMILES string of the molecule is COc1ccc(CN(Cc2ccc(C)cc2)S(=O)(=O)CCNC(=O)C(c2nc3ccc(-c4ccccc4)cc3s2)S(C)(=O)=O)cc1. The molecule has 240 valence electrons. The van der Waals surface area contributed by atoms with Crippen LogP contribution in [-0.4, -0.2) is 57.7 Å². The second-order valence-corrected chi connectivity index (χ2v) is 16.3. The van der Waals surface area contributed by atoms with E-state index in [1.165, 1.54) is 4.31 Å². The fourth-order valence-corrected chi connectivity index (χ4v) is 8.82. The predicted molar refractivity (Wildman–Crippen MR) is 183 cm³/mol. The number of aryl methyl sites for hydroxylation is 1. The van der Waals surface area contributed by atoms with Crippen LogP contribution in [0.3, 0.4) is 0 Å². The molecular weight excluding hydrogens is 643 g/mol. The summed E-state index contributed by atoms with van der Waals surface area (Å²) in [5.74, 6) is -0.581. The lowest BCUT2D eigenvalue weighted by Crippen LogP contribution is -2.39. The van der Waals surface area contributed by atoms with E-state index < -0.39 is 36.8 Å². The molecule has 0 aliphatic carbocycles. The molecule has 0 aliphatic heterocycles. The second kappa shape index (κ2) is 14.1. The van der Waals surface area contributed by atoms with Crippen LogP contribution in [0.15, 0.2) is 97.1 Å². The summed E-state index contributed by atoms with van der Waals surface area (Å²) in [5, 5.41) is 1.11. The van der Waals surface area contributed by atoms with Crippen molar-refractivity contribution in [3.8, 4) is 16.9 Å². The van der Waals surface area contributed by atoms with E-state index in [4.69, 9.17) is 4.74 Å². The molecule has 1 amide bonds. The summed E-state index contributed by atoms with van der Waals surface area (Å²) < 4.78 is 60.3. The molecule has 46 heavy (non-hydrogen) atoms. The molecule has 12 heteroatoms. The van der Waals surface area contributed by atoms with Gasteiger partial charge in [-0.3, -0.25) is 4.79 Å². The van der Waals surface area contributed by atoms with Gasteiger partial charge in [0.25, 0.3) is 0 Å². The van der Waals surface area contributed by atoms with E-state index in [0.717, 1.165) is 50.1 Å². The number of methoxy groups -OCH3 is 1. The van der Waals surface area contributed by atoms with Crippen LogP contribution in [0.4, 0.5) is 0 Å². The molecule has 1 aromatic heterocycles. The fraction of sp³-hybridized carbons (Fsp3) is 0.235. The zero-order valence-electron chi connectivity index (χ0n) is 25.7. The van der Waals surface area contributed by atoms with Crippen LogP contribution in [0.1, 0.15) is 26.9 Å². The molecule has 0 fully saturated rings. The van der Waals surface area contributed by atoms with Gasteiger partial charge in [0.2, 0.25) is 15.9 Å². The molecule has 1 N–H and O–H groups in total. The molecule has 0 aliphatic rings. The lowest BCUT2D eigenvalue weighted by molar-refractivity contribution is -0.120. The number of hydrogen-bond acceptors (Lipinski definition) is 8. The van der Waals surface area contributed by atoms with E-state index in [9.17, 15) is 21.6 Å². The first-order valence-corrected chi connectivity index (χ1v) is 18.9. The van der Waals surface area contributed by atoms with Crippen molar-refractivity contribution in [1.29, 1.82) is 0 Å². The first-order valence-electron chi connectivity index (χ1n) is 14.5. The van der Waals surface area contributed by atoms with E-state index in [-0.39, 0.29) is 24.6 Å². The van der Waals surface area contributed by atoms with E-state index >= 15 is 0 Å². The second-order valence-electron chi connectivity index (χ2n) is 11.0. The van der Waals surface area contributed by atoms with Gasteiger partial charge in [0, 0.05) is 25.9 Å². The molecule has 1 atom stereocenters. The average molecular weight is 678 g/mol. The van der Waals surface area contributed by atoms with Crippen molar-refractivity contribution in [3.05, 3.63) is 119 Å². The number of carbonyl (C=O) groups excluding carboxylic acids is 1. The molecule has 0 bridgehead atoms. The van der Waals surface area contributed by atoms with Crippen molar-refractivity contribution in [3.63, 3.8) is 0 Å². The molecule has 1 heterocycles. The Morgan fingerprint density at radius 3 is 2.11 bits per heavy atom. The highest BCUT2D eigenvalue weighted by molar-refractivity contribution is 7.91. The Bertz CT molecular complexity index is 2030. The Balaban J connectivity index is 1.32. The molecule has 5 rings (SSSR count). The van der Waals surface area contributed by atoms with Crippen LogP contribution in [0.25, 0.3) is 21.3 Å². The van der Waals surface area contributed by atoms with Crippen LogP contribution < -0.4 is 10.1 Å². The Morgan fingerprint density at radius 2 is 1.50 bits per heavy atom. The smallest absolute Gasteiger partial charge is 0.245 e. The van der Waals surface area contributed by atoms with E-state index in [2.05, 4.69) is 10.3 Å². The van der Waals surface area contributed by atoms with Gasteiger partial charge in [-0.1, -0.05) is 78.4 Å². The van der Waals surface area contributed by atoms with Crippen LogP contribution in [0, 0.1) is 6.92 Å². The third kappa shape index (κ3) is 8.18. The number of thiazole rings is 1. The number of aromatic nitrogens is 1. The minimum atomic E-state index is -3.93. The number of hydrogen-bond donors (Lipinski definition) is 1. The number of nitrogens with one attached hydrogen (secondary N) is 1. The number of ether oxygens (including phenoxy) is 1. The molecule has 0 spiro atoms. The highest BCUT2D eigenvalue weighted by atomic mass is 32.2. The zero-order valence-corrected chi connectivity index (χ0v) is 28.2. The molecule has 4 aromatic carbocycles. The predicted octanol–water partition coefficient (Wildman–Crippen LogP) is 5.51. The Morgan fingerprint density at radius 1 is 0.870 bits per heavy atom. The van der Waals surface area contributed by atoms with Crippen LogP contribution >= 0.6 is 11.3 Å². The lowest BCUT2D eigenvalue weighted by Gasteiger charge is -2.23. The molecular formula is C34H35N3O6S3. The van der Waals surface area contributed by atoms with Gasteiger partial charge in [-0.15, -0.1) is 11.3 Å². The summed E-state index contributed by atoms with van der Waals surface area (Å²) in [4.78, 5) is 17.8. The topological polar surface area (TPSA) is 123 Å². The molecule has 1 unspecified atom stereocenters. The van der Waals surface area contributed by atoms with Crippen molar-refractivity contribution in [2.24, 2.45) is 0 Å². The Hall–Kier alpha value is -4.10. The maximum Gasteiger partial charge on any atom is 0.245 e. The fourth-order valence-electron chi connectivity index (χ4n) is 4.96. The van der Waals surface area contributed by atoms with Crippen molar-refractivity contribution < 1.29 is 26.4 Å². The van der Waals surface area contributed by atoms with Crippen molar-refractivity contribution >= 4 is 47.3 Å². The summed E-state index contributed by atoms with van der Waals surface area (Å²) in [6.07, 6.45) is 0.980.